The summed E-state index contributed by atoms with van der Waals surface area (Å²) in [7, 11) is 1.24. The lowest BCUT2D eigenvalue weighted by Gasteiger charge is -2.32. The molecule has 0 unspecified atom stereocenters. The summed E-state index contributed by atoms with van der Waals surface area (Å²) in [6.45, 7) is 12.2. The molecular formula is C23H28BN3O3. The number of methoxy groups -OCH3 is 1. The topological polar surface area (TPSA) is 79.5 Å². The van der Waals surface area contributed by atoms with E-state index in [1.165, 1.54) is 0 Å². The Hall–Kier alpha value is -2.64. The molecule has 6 nitrogen and oxygen atoms in total. The van der Waals surface area contributed by atoms with Gasteiger partial charge in [-0.2, -0.15) is 5.10 Å². The van der Waals surface area contributed by atoms with Gasteiger partial charge >= 0.3 is 7.12 Å². The van der Waals surface area contributed by atoms with Crippen LogP contribution in [0.25, 0.3) is 21.9 Å². The largest absolute Gasteiger partial charge is 0.496 e. The van der Waals surface area contributed by atoms with Gasteiger partial charge in [0.25, 0.3) is 0 Å². The molecule has 30 heavy (non-hydrogen) atoms. The summed E-state index contributed by atoms with van der Waals surface area (Å²) >= 11 is 0. The van der Waals surface area contributed by atoms with Crippen LogP contribution in [0.1, 0.15) is 39.0 Å². The number of nitrogens with two attached hydrogens (primary N) is 1. The van der Waals surface area contributed by atoms with E-state index in [1.54, 1.807) is 7.11 Å². The molecule has 1 aromatic heterocycles. The highest BCUT2D eigenvalue weighted by molar-refractivity contribution is 6.62. The molecule has 1 aliphatic rings. The monoisotopic (exact) mass is 405 g/mol. The molecule has 7 heteroatoms. The third-order valence-electron chi connectivity index (χ3n) is 6.40. The minimum Gasteiger partial charge on any atom is -0.496 e. The van der Waals surface area contributed by atoms with E-state index in [-0.39, 0.29) is 0 Å². The summed E-state index contributed by atoms with van der Waals surface area (Å²) in [5.74, 6) is 1.22. The van der Waals surface area contributed by atoms with Crippen LogP contribution in [0.2, 0.25) is 0 Å². The van der Waals surface area contributed by atoms with Gasteiger partial charge in [-0.1, -0.05) is 12.1 Å². The third-order valence-corrected chi connectivity index (χ3v) is 6.40. The number of benzene rings is 2. The zero-order chi connectivity index (χ0) is 21.8. The second kappa shape index (κ2) is 6.96. The Kier molecular flexibility index (Phi) is 4.79. The molecule has 4 rings (SSSR count). The number of fused-ring (bicyclic) bond motifs is 1. The van der Waals surface area contributed by atoms with Crippen LogP contribution in [0.5, 0.6) is 5.75 Å². The zero-order valence-electron chi connectivity index (χ0n) is 18.7. The molecule has 1 fully saturated rings. The van der Waals surface area contributed by atoms with E-state index >= 15 is 0 Å². The third kappa shape index (κ3) is 3.22. The van der Waals surface area contributed by atoms with Crippen LogP contribution in [-0.4, -0.2) is 35.6 Å². The SMILES string of the molecule is COc1cc(C)c(B2OC(C)(C)C(C)(C)O2)cc1-c1ccc2c(N)nnc(C)c2c1. The number of ether oxygens (including phenoxy) is 1. The van der Waals surface area contributed by atoms with E-state index in [0.717, 1.165) is 44.4 Å². The highest BCUT2D eigenvalue weighted by Crippen LogP contribution is 2.38. The van der Waals surface area contributed by atoms with E-state index < -0.39 is 18.3 Å². The van der Waals surface area contributed by atoms with Crippen molar-refractivity contribution in [2.24, 2.45) is 0 Å². The molecule has 1 saturated heterocycles. The van der Waals surface area contributed by atoms with Crippen molar-refractivity contribution in [3.05, 3.63) is 41.6 Å². The Balaban J connectivity index is 1.86. The average Bonchev–Trinajstić information content (AvgIpc) is 2.91. The van der Waals surface area contributed by atoms with Gasteiger partial charge in [0.2, 0.25) is 0 Å². The van der Waals surface area contributed by atoms with Crippen LogP contribution >= 0.6 is 0 Å². The molecule has 3 aromatic rings. The molecule has 2 aromatic carbocycles. The molecule has 1 aliphatic heterocycles. The second-order valence-electron chi connectivity index (χ2n) is 8.93. The van der Waals surface area contributed by atoms with Crippen molar-refractivity contribution in [2.75, 3.05) is 12.8 Å². The number of rotatable bonds is 3. The summed E-state index contributed by atoms with van der Waals surface area (Å²) in [4.78, 5) is 0. The number of anilines is 1. The van der Waals surface area contributed by atoms with Crippen LogP contribution in [-0.2, 0) is 9.31 Å². The van der Waals surface area contributed by atoms with Crippen LogP contribution in [0.3, 0.4) is 0 Å². The molecule has 0 radical (unpaired) electrons. The van der Waals surface area contributed by atoms with Gasteiger partial charge in [-0.25, -0.2) is 0 Å². The Morgan fingerprint density at radius 2 is 1.60 bits per heavy atom. The van der Waals surface area contributed by atoms with Gasteiger partial charge in [-0.15, -0.1) is 5.10 Å². The standard InChI is InChI=1S/C23H28BN3O3/c1-13-10-20(28-7)18(12-19(13)24-29-22(3,4)23(5,6)30-24)15-8-9-16-17(11-15)14(2)26-27-21(16)25/h8-12H,1-7H3,(H2,25,27). The minimum atomic E-state index is -0.441. The number of aromatic nitrogens is 2. The zero-order valence-corrected chi connectivity index (χ0v) is 18.7. The predicted octanol–water partition coefficient (Wildman–Crippen LogP) is 3.80. The summed E-state index contributed by atoms with van der Waals surface area (Å²) in [5, 5.41) is 10.0. The Morgan fingerprint density at radius 3 is 2.23 bits per heavy atom. The Morgan fingerprint density at radius 1 is 0.933 bits per heavy atom. The van der Waals surface area contributed by atoms with Gasteiger partial charge in [0.1, 0.15) is 5.75 Å². The van der Waals surface area contributed by atoms with Gasteiger partial charge in [-0.05, 0) is 76.3 Å². The van der Waals surface area contributed by atoms with Crippen molar-refractivity contribution in [2.45, 2.75) is 52.7 Å². The fraction of sp³-hybridized carbons (Fsp3) is 0.391. The Labute approximate surface area is 177 Å². The highest BCUT2D eigenvalue weighted by atomic mass is 16.7. The molecule has 0 spiro atoms. The first-order chi connectivity index (χ1) is 14.0. The van der Waals surface area contributed by atoms with Gasteiger partial charge in [0.05, 0.1) is 24.0 Å². The van der Waals surface area contributed by atoms with E-state index in [9.17, 15) is 0 Å². The van der Waals surface area contributed by atoms with Crippen molar-refractivity contribution in [1.82, 2.24) is 10.2 Å². The fourth-order valence-corrected chi connectivity index (χ4v) is 3.79. The molecule has 0 amide bonds. The normalized spacial score (nSPS) is 17.5. The van der Waals surface area contributed by atoms with Crippen LogP contribution in [0, 0.1) is 13.8 Å². The first kappa shape index (κ1) is 20.6. The quantitative estimate of drug-likeness (QED) is 0.668. The molecule has 2 N–H and O–H groups in total. The summed E-state index contributed by atoms with van der Waals surface area (Å²) < 4.78 is 18.3. The van der Waals surface area contributed by atoms with Crippen LogP contribution in [0.4, 0.5) is 5.82 Å². The molecular weight excluding hydrogens is 377 g/mol. The lowest BCUT2D eigenvalue weighted by Crippen LogP contribution is -2.41. The predicted molar refractivity (Wildman–Crippen MR) is 121 cm³/mol. The van der Waals surface area contributed by atoms with Gasteiger partial charge in [0.15, 0.2) is 5.82 Å². The number of nitrogens with zero attached hydrogens (tertiary/aromatic N) is 2. The minimum absolute atomic E-state index is 0.402. The average molecular weight is 405 g/mol. The molecule has 0 atom stereocenters. The lowest BCUT2D eigenvalue weighted by molar-refractivity contribution is 0.00578. The maximum absolute atomic E-state index is 6.30. The lowest BCUT2D eigenvalue weighted by atomic mass is 9.74. The van der Waals surface area contributed by atoms with Crippen molar-refractivity contribution in [1.29, 1.82) is 0 Å². The Bertz CT molecular complexity index is 1130. The number of hydrogen-bond acceptors (Lipinski definition) is 6. The molecule has 0 bridgehead atoms. The smallest absolute Gasteiger partial charge is 0.495 e. The number of hydrogen-bond donors (Lipinski definition) is 1. The second-order valence-corrected chi connectivity index (χ2v) is 8.93. The van der Waals surface area contributed by atoms with Gasteiger partial charge in [0, 0.05) is 16.3 Å². The van der Waals surface area contributed by atoms with Crippen LogP contribution in [0.15, 0.2) is 30.3 Å². The first-order valence-corrected chi connectivity index (χ1v) is 10.1. The highest BCUT2D eigenvalue weighted by Gasteiger charge is 2.52. The molecule has 156 valence electrons. The summed E-state index contributed by atoms with van der Waals surface area (Å²) in [5.41, 5.74) is 10.1. The summed E-state index contributed by atoms with van der Waals surface area (Å²) in [6.07, 6.45) is 0. The first-order valence-electron chi connectivity index (χ1n) is 10.1. The number of nitrogen functional groups attached to an aromatic ring is 1. The van der Waals surface area contributed by atoms with Gasteiger partial charge in [-0.3, -0.25) is 0 Å². The number of aryl methyl sites for hydroxylation is 2. The molecule has 0 saturated carbocycles. The van der Waals surface area contributed by atoms with Crippen LogP contribution < -0.4 is 15.9 Å². The van der Waals surface area contributed by atoms with Crippen molar-refractivity contribution >= 4 is 29.2 Å². The van der Waals surface area contributed by atoms with Gasteiger partial charge < -0.3 is 19.8 Å². The maximum Gasteiger partial charge on any atom is 0.495 e. The van der Waals surface area contributed by atoms with E-state index in [1.807, 2.05) is 32.0 Å². The molecule has 2 heterocycles. The van der Waals surface area contributed by atoms with E-state index in [2.05, 4.69) is 50.0 Å². The van der Waals surface area contributed by atoms with Crippen molar-refractivity contribution in [3.8, 4) is 16.9 Å². The van der Waals surface area contributed by atoms with E-state index in [0.29, 0.717) is 5.82 Å². The summed E-state index contributed by atoms with van der Waals surface area (Å²) in [6, 6.07) is 10.2. The van der Waals surface area contributed by atoms with Crippen molar-refractivity contribution < 1.29 is 14.0 Å². The van der Waals surface area contributed by atoms with E-state index in [4.69, 9.17) is 19.8 Å². The molecule has 0 aliphatic carbocycles. The van der Waals surface area contributed by atoms with Crippen molar-refractivity contribution in [3.63, 3.8) is 0 Å². The maximum atomic E-state index is 6.30. The fourth-order valence-electron chi connectivity index (χ4n) is 3.79.